The Labute approximate surface area is 109 Å². The Kier molecular flexibility index (Phi) is 3.02. The van der Waals surface area contributed by atoms with Gasteiger partial charge in [0, 0.05) is 16.0 Å². The monoisotopic (exact) mass is 259 g/mol. The molecule has 1 aliphatic carbocycles. The lowest BCUT2D eigenvalue weighted by molar-refractivity contribution is 0.307. The zero-order valence-corrected chi connectivity index (χ0v) is 10.6. The van der Waals surface area contributed by atoms with Gasteiger partial charge in [0.1, 0.15) is 12.4 Å². The van der Waals surface area contributed by atoms with Gasteiger partial charge in [-0.05, 0) is 30.4 Å². The van der Waals surface area contributed by atoms with E-state index in [2.05, 4.69) is 11.2 Å². The molecular formula is C14H13NO2S. The molecular weight excluding hydrogens is 246 g/mol. The molecule has 1 aromatic heterocycles. The number of rotatable bonds is 3. The molecule has 0 saturated carbocycles. The van der Waals surface area contributed by atoms with Crippen LogP contribution in [0.25, 0.3) is 0 Å². The largest absolute Gasteiger partial charge is 0.488 e. The lowest BCUT2D eigenvalue weighted by Crippen LogP contribution is -1.98. The van der Waals surface area contributed by atoms with Gasteiger partial charge in [0.15, 0.2) is 0 Å². The van der Waals surface area contributed by atoms with Gasteiger partial charge in [0.2, 0.25) is 0 Å². The van der Waals surface area contributed by atoms with Crippen LogP contribution in [0, 0.1) is 0 Å². The topological polar surface area (TPSA) is 41.8 Å². The van der Waals surface area contributed by atoms with Crippen LogP contribution >= 0.6 is 11.3 Å². The third kappa shape index (κ3) is 1.99. The predicted octanol–water partition coefficient (Wildman–Crippen LogP) is 3.45. The van der Waals surface area contributed by atoms with E-state index < -0.39 is 0 Å². The summed E-state index contributed by atoms with van der Waals surface area (Å²) in [5.74, 6) is 0.902. The Morgan fingerprint density at radius 2 is 2.17 bits per heavy atom. The third-order valence-electron chi connectivity index (χ3n) is 3.13. The molecule has 1 aromatic carbocycles. The van der Waals surface area contributed by atoms with Gasteiger partial charge >= 0.3 is 0 Å². The van der Waals surface area contributed by atoms with Crippen LogP contribution in [0.2, 0.25) is 0 Å². The number of hydrogen-bond acceptors (Lipinski definition) is 4. The number of ether oxygens (including phenoxy) is 1. The minimum absolute atomic E-state index is 0.597. The Balaban J connectivity index is 1.84. The van der Waals surface area contributed by atoms with E-state index >= 15 is 0 Å². The molecule has 4 heteroatoms. The molecule has 92 valence electrons. The SMILES string of the molecule is O/N=C1/CCc2c(OCc3cccs3)cccc21. The van der Waals surface area contributed by atoms with Gasteiger partial charge < -0.3 is 9.94 Å². The molecule has 0 unspecified atom stereocenters. The highest BCUT2D eigenvalue weighted by Crippen LogP contribution is 2.31. The first-order valence-corrected chi connectivity index (χ1v) is 6.75. The molecule has 18 heavy (non-hydrogen) atoms. The van der Waals surface area contributed by atoms with Gasteiger partial charge in [0.05, 0.1) is 5.71 Å². The molecule has 0 radical (unpaired) electrons. The molecule has 0 aliphatic heterocycles. The Bertz CT molecular complexity index is 575. The summed E-state index contributed by atoms with van der Waals surface area (Å²) in [6.07, 6.45) is 1.67. The van der Waals surface area contributed by atoms with Crippen LogP contribution in [0.5, 0.6) is 5.75 Å². The summed E-state index contributed by atoms with van der Waals surface area (Å²) in [7, 11) is 0. The maximum absolute atomic E-state index is 8.93. The van der Waals surface area contributed by atoms with Crippen LogP contribution in [0.15, 0.2) is 40.9 Å². The summed E-state index contributed by atoms with van der Waals surface area (Å²) in [5, 5.41) is 14.3. The van der Waals surface area contributed by atoms with E-state index in [4.69, 9.17) is 9.94 Å². The van der Waals surface area contributed by atoms with Crippen molar-refractivity contribution < 1.29 is 9.94 Å². The molecule has 0 spiro atoms. The fraction of sp³-hybridized carbons (Fsp3) is 0.214. The highest BCUT2D eigenvalue weighted by Gasteiger charge is 2.21. The second kappa shape index (κ2) is 4.82. The number of nitrogens with zero attached hydrogens (tertiary/aromatic N) is 1. The summed E-state index contributed by atoms with van der Waals surface area (Å²) in [6, 6.07) is 9.99. The number of oxime groups is 1. The van der Waals surface area contributed by atoms with Gasteiger partial charge in [0.25, 0.3) is 0 Å². The second-order valence-electron chi connectivity index (χ2n) is 4.20. The van der Waals surface area contributed by atoms with E-state index in [-0.39, 0.29) is 0 Å². The molecule has 0 bridgehead atoms. The van der Waals surface area contributed by atoms with Crippen molar-refractivity contribution in [2.75, 3.05) is 0 Å². The summed E-state index contributed by atoms with van der Waals surface area (Å²) in [4.78, 5) is 1.21. The highest BCUT2D eigenvalue weighted by atomic mass is 32.1. The van der Waals surface area contributed by atoms with Crippen molar-refractivity contribution in [1.29, 1.82) is 0 Å². The van der Waals surface area contributed by atoms with E-state index in [0.29, 0.717) is 6.61 Å². The Hall–Kier alpha value is -1.81. The van der Waals surface area contributed by atoms with E-state index in [1.807, 2.05) is 29.6 Å². The van der Waals surface area contributed by atoms with Gasteiger partial charge in [-0.15, -0.1) is 11.3 Å². The summed E-state index contributed by atoms with van der Waals surface area (Å²) >= 11 is 1.69. The van der Waals surface area contributed by atoms with Gasteiger partial charge in [-0.2, -0.15) is 0 Å². The second-order valence-corrected chi connectivity index (χ2v) is 5.23. The van der Waals surface area contributed by atoms with Gasteiger partial charge in [-0.25, -0.2) is 0 Å². The average Bonchev–Trinajstić information content (AvgIpc) is 3.05. The smallest absolute Gasteiger partial charge is 0.123 e. The number of hydrogen-bond donors (Lipinski definition) is 1. The minimum atomic E-state index is 0.597. The number of thiophene rings is 1. The number of benzene rings is 1. The normalized spacial score (nSPS) is 15.9. The molecule has 1 aliphatic rings. The molecule has 0 saturated heterocycles. The zero-order valence-electron chi connectivity index (χ0n) is 9.80. The summed E-state index contributed by atoms with van der Waals surface area (Å²) in [5.41, 5.74) is 2.93. The van der Waals surface area contributed by atoms with Crippen molar-refractivity contribution in [2.45, 2.75) is 19.4 Å². The first-order valence-electron chi connectivity index (χ1n) is 5.87. The standard InChI is InChI=1S/C14H13NO2S/c16-15-13-7-6-12-11(13)4-1-5-14(12)17-9-10-3-2-8-18-10/h1-5,8,16H,6-7,9H2/b15-13-. The van der Waals surface area contributed by atoms with Crippen LogP contribution in [0.1, 0.15) is 22.4 Å². The fourth-order valence-corrected chi connectivity index (χ4v) is 2.87. The molecule has 2 aromatic rings. The average molecular weight is 259 g/mol. The number of fused-ring (bicyclic) bond motifs is 1. The highest BCUT2D eigenvalue weighted by molar-refractivity contribution is 7.09. The van der Waals surface area contributed by atoms with Crippen LogP contribution in [0.4, 0.5) is 0 Å². The van der Waals surface area contributed by atoms with Crippen LogP contribution in [-0.4, -0.2) is 10.9 Å². The van der Waals surface area contributed by atoms with Crippen LogP contribution < -0.4 is 4.74 Å². The van der Waals surface area contributed by atoms with Crippen molar-refractivity contribution in [2.24, 2.45) is 5.16 Å². The van der Waals surface area contributed by atoms with Gasteiger partial charge in [-0.1, -0.05) is 23.4 Å². The third-order valence-corrected chi connectivity index (χ3v) is 3.98. The maximum atomic E-state index is 8.93. The first kappa shape index (κ1) is 11.3. The Morgan fingerprint density at radius 3 is 2.94 bits per heavy atom. The van der Waals surface area contributed by atoms with Crippen LogP contribution in [0.3, 0.4) is 0 Å². The fourth-order valence-electron chi connectivity index (χ4n) is 2.25. The molecule has 1 N–H and O–H groups in total. The van der Waals surface area contributed by atoms with E-state index in [0.717, 1.165) is 35.4 Å². The summed E-state index contributed by atoms with van der Waals surface area (Å²) < 4.78 is 5.86. The Morgan fingerprint density at radius 1 is 1.22 bits per heavy atom. The van der Waals surface area contributed by atoms with Crippen molar-refractivity contribution in [3.05, 3.63) is 51.7 Å². The molecule has 1 heterocycles. The van der Waals surface area contributed by atoms with Crippen molar-refractivity contribution in [1.82, 2.24) is 0 Å². The molecule has 0 fully saturated rings. The van der Waals surface area contributed by atoms with Crippen LogP contribution in [-0.2, 0) is 13.0 Å². The summed E-state index contributed by atoms with van der Waals surface area (Å²) in [6.45, 7) is 0.597. The zero-order chi connectivity index (χ0) is 12.4. The minimum Gasteiger partial charge on any atom is -0.488 e. The molecule has 3 nitrogen and oxygen atoms in total. The first-order chi connectivity index (χ1) is 8.88. The predicted molar refractivity (Wildman–Crippen MR) is 71.7 cm³/mol. The van der Waals surface area contributed by atoms with E-state index in [9.17, 15) is 0 Å². The quantitative estimate of drug-likeness (QED) is 0.677. The lowest BCUT2D eigenvalue weighted by Gasteiger charge is -2.09. The van der Waals surface area contributed by atoms with Gasteiger partial charge in [-0.3, -0.25) is 0 Å². The molecule has 0 amide bonds. The van der Waals surface area contributed by atoms with Crippen molar-refractivity contribution in [3.63, 3.8) is 0 Å². The van der Waals surface area contributed by atoms with E-state index in [1.54, 1.807) is 11.3 Å². The maximum Gasteiger partial charge on any atom is 0.123 e. The van der Waals surface area contributed by atoms with E-state index in [1.165, 1.54) is 4.88 Å². The lowest BCUT2D eigenvalue weighted by atomic mass is 10.1. The van der Waals surface area contributed by atoms with Crippen molar-refractivity contribution in [3.8, 4) is 5.75 Å². The van der Waals surface area contributed by atoms with Crippen molar-refractivity contribution >= 4 is 17.0 Å². The molecule has 0 atom stereocenters. The molecule has 3 rings (SSSR count).